The van der Waals surface area contributed by atoms with Gasteiger partial charge in [0, 0.05) is 12.8 Å². The van der Waals surface area contributed by atoms with Crippen molar-refractivity contribution in [2.75, 3.05) is 20.4 Å². The molecule has 33 heavy (non-hydrogen) atoms. The Labute approximate surface area is 196 Å². The van der Waals surface area contributed by atoms with Gasteiger partial charge < -0.3 is 29.5 Å². The molecule has 1 saturated heterocycles. The third kappa shape index (κ3) is 8.27. The van der Waals surface area contributed by atoms with Gasteiger partial charge in [0.25, 0.3) is 0 Å². The van der Waals surface area contributed by atoms with Gasteiger partial charge in [-0.05, 0) is 44.4 Å². The van der Waals surface area contributed by atoms with Gasteiger partial charge in [-0.15, -0.1) is 0 Å². The summed E-state index contributed by atoms with van der Waals surface area (Å²) >= 11 is 0. The second-order valence-electron chi connectivity index (χ2n) is 8.20. The molecule has 0 aromatic heterocycles. The molecule has 1 aliphatic carbocycles. The summed E-state index contributed by atoms with van der Waals surface area (Å²) in [5, 5.41) is 29.9. The zero-order valence-electron chi connectivity index (χ0n) is 19.7. The molecule has 184 valence electrons. The third-order valence-electron chi connectivity index (χ3n) is 5.69. The van der Waals surface area contributed by atoms with Crippen LogP contribution in [0.25, 0.3) is 0 Å². The van der Waals surface area contributed by atoms with Crippen LogP contribution >= 0.6 is 0 Å². The second kappa shape index (κ2) is 14.2. The molecular weight excluding hydrogens is 427 g/mol. The van der Waals surface area contributed by atoms with Gasteiger partial charge in [0.05, 0.1) is 38.4 Å². The predicted octanol–water partition coefficient (Wildman–Crippen LogP) is 3.65. The maximum atomic E-state index is 10.1. The van der Waals surface area contributed by atoms with E-state index >= 15 is 0 Å². The van der Waals surface area contributed by atoms with Crippen molar-refractivity contribution in [3.05, 3.63) is 65.5 Å². The zero-order chi connectivity index (χ0) is 24.2. The minimum atomic E-state index is -1.21. The van der Waals surface area contributed by atoms with Gasteiger partial charge in [0.1, 0.15) is 24.1 Å². The SMILES string of the molecule is CC1=CC=C(OCCCc2ccccc2OCCC2OC(C)[C@H](O)[C@@H](O)[C@H]2O)CC=C1.CF. The maximum Gasteiger partial charge on any atom is 0.122 e. The molecule has 1 heterocycles. The third-order valence-corrected chi connectivity index (χ3v) is 5.69. The van der Waals surface area contributed by atoms with Crippen LogP contribution in [-0.4, -0.2) is 66.2 Å². The molecule has 5 atom stereocenters. The van der Waals surface area contributed by atoms with E-state index in [1.807, 2.05) is 30.3 Å². The van der Waals surface area contributed by atoms with Crippen molar-refractivity contribution in [2.24, 2.45) is 0 Å². The zero-order valence-corrected chi connectivity index (χ0v) is 19.7. The van der Waals surface area contributed by atoms with Crippen LogP contribution in [0.2, 0.25) is 0 Å². The van der Waals surface area contributed by atoms with Gasteiger partial charge in [0.15, 0.2) is 0 Å². The topological polar surface area (TPSA) is 88.4 Å². The van der Waals surface area contributed by atoms with Crippen molar-refractivity contribution in [3.63, 3.8) is 0 Å². The summed E-state index contributed by atoms with van der Waals surface area (Å²) in [6.45, 7) is 4.74. The van der Waals surface area contributed by atoms with Crippen LogP contribution in [0.1, 0.15) is 38.7 Å². The van der Waals surface area contributed by atoms with Gasteiger partial charge in [-0.2, -0.15) is 0 Å². The molecule has 3 rings (SSSR count). The number of aryl methyl sites for hydroxylation is 1. The summed E-state index contributed by atoms with van der Waals surface area (Å²) in [6.07, 6.45) is 6.71. The van der Waals surface area contributed by atoms with E-state index in [0.29, 0.717) is 26.8 Å². The van der Waals surface area contributed by atoms with Crippen LogP contribution in [0.3, 0.4) is 0 Å². The average Bonchev–Trinajstić information content (AvgIpc) is 3.04. The Hall–Kier alpha value is -2.19. The quantitative estimate of drug-likeness (QED) is 0.484. The fourth-order valence-corrected chi connectivity index (χ4v) is 3.79. The molecular formula is C26H37FO6. The van der Waals surface area contributed by atoms with Crippen LogP contribution in [0.4, 0.5) is 4.39 Å². The first-order chi connectivity index (χ1) is 16.0. The van der Waals surface area contributed by atoms with Gasteiger partial charge in [-0.1, -0.05) is 42.0 Å². The van der Waals surface area contributed by atoms with Crippen LogP contribution in [0.5, 0.6) is 5.75 Å². The number of para-hydroxylation sites is 1. The van der Waals surface area contributed by atoms with E-state index < -0.39 is 30.5 Å². The Morgan fingerprint density at radius 2 is 1.76 bits per heavy atom. The molecule has 0 amide bonds. The average molecular weight is 465 g/mol. The molecule has 0 bridgehead atoms. The number of halogens is 1. The van der Waals surface area contributed by atoms with E-state index in [1.54, 1.807) is 6.92 Å². The second-order valence-corrected chi connectivity index (χ2v) is 8.20. The van der Waals surface area contributed by atoms with E-state index in [2.05, 4.69) is 25.2 Å². The predicted molar refractivity (Wildman–Crippen MR) is 126 cm³/mol. The molecule has 0 radical (unpaired) electrons. The highest BCUT2D eigenvalue weighted by Gasteiger charge is 2.41. The first-order valence-electron chi connectivity index (χ1n) is 11.4. The molecule has 2 unspecified atom stereocenters. The van der Waals surface area contributed by atoms with E-state index in [9.17, 15) is 19.7 Å². The standard InChI is InChI=1S/C25H34O6.CH3F/c1-17-7-5-10-20(13-12-17)29-15-6-9-19-8-3-4-11-21(19)30-16-14-22-24(27)25(28)23(26)18(2)31-22;1-2/h3-5,7-8,11-13,18,22-28H,6,9-10,14-16H2,1-2H3;1H3/t18?,22?,23-,24-,25+;/m0./s1. The number of rotatable bonds is 9. The first kappa shape index (κ1) is 27.1. The molecule has 1 fully saturated rings. The van der Waals surface area contributed by atoms with Crippen molar-refractivity contribution in [1.29, 1.82) is 0 Å². The van der Waals surface area contributed by atoms with Crippen molar-refractivity contribution < 1.29 is 33.9 Å². The van der Waals surface area contributed by atoms with Gasteiger partial charge in [-0.25, -0.2) is 0 Å². The van der Waals surface area contributed by atoms with Gasteiger partial charge in [-0.3, -0.25) is 4.39 Å². The van der Waals surface area contributed by atoms with Gasteiger partial charge >= 0.3 is 0 Å². The molecule has 0 saturated carbocycles. The summed E-state index contributed by atoms with van der Waals surface area (Å²) in [5.74, 6) is 1.78. The van der Waals surface area contributed by atoms with E-state index in [0.717, 1.165) is 36.3 Å². The smallest absolute Gasteiger partial charge is 0.122 e. The van der Waals surface area contributed by atoms with E-state index in [4.69, 9.17) is 14.2 Å². The molecule has 3 N–H and O–H groups in total. The van der Waals surface area contributed by atoms with Crippen LogP contribution < -0.4 is 4.74 Å². The number of hydrogen-bond donors (Lipinski definition) is 3. The molecule has 7 heteroatoms. The summed E-state index contributed by atoms with van der Waals surface area (Å²) in [6, 6.07) is 7.90. The number of aliphatic hydroxyl groups is 3. The summed E-state index contributed by atoms with van der Waals surface area (Å²) in [5.41, 5.74) is 2.32. The van der Waals surface area contributed by atoms with Gasteiger partial charge in [0.2, 0.25) is 0 Å². The molecule has 1 aliphatic heterocycles. The lowest BCUT2D eigenvalue weighted by molar-refractivity contribution is -0.219. The summed E-state index contributed by atoms with van der Waals surface area (Å²) < 4.78 is 27.0. The van der Waals surface area contributed by atoms with Crippen molar-refractivity contribution in [1.82, 2.24) is 0 Å². The van der Waals surface area contributed by atoms with Crippen LogP contribution in [0, 0.1) is 0 Å². The molecule has 6 nitrogen and oxygen atoms in total. The number of aliphatic hydroxyl groups excluding tert-OH is 3. The highest BCUT2D eigenvalue weighted by atomic mass is 19.1. The number of ether oxygens (including phenoxy) is 3. The van der Waals surface area contributed by atoms with Crippen molar-refractivity contribution in [2.45, 2.75) is 70.1 Å². The van der Waals surface area contributed by atoms with E-state index in [1.165, 1.54) is 5.57 Å². The molecule has 1 aromatic carbocycles. The molecule has 1 aromatic rings. The Kier molecular flexibility index (Phi) is 11.6. The summed E-state index contributed by atoms with van der Waals surface area (Å²) in [7, 11) is 0.500. The van der Waals surface area contributed by atoms with Crippen molar-refractivity contribution in [3.8, 4) is 5.75 Å². The lowest BCUT2D eigenvalue weighted by Gasteiger charge is -2.39. The van der Waals surface area contributed by atoms with Crippen molar-refractivity contribution >= 4 is 0 Å². The number of hydrogen-bond acceptors (Lipinski definition) is 6. The first-order valence-corrected chi connectivity index (χ1v) is 11.4. The fourth-order valence-electron chi connectivity index (χ4n) is 3.79. The monoisotopic (exact) mass is 464 g/mol. The highest BCUT2D eigenvalue weighted by Crippen LogP contribution is 2.25. The number of allylic oxidation sites excluding steroid dienone is 5. The van der Waals surface area contributed by atoms with Crippen LogP contribution in [-0.2, 0) is 15.9 Å². The number of benzene rings is 1. The van der Waals surface area contributed by atoms with Crippen LogP contribution in [0.15, 0.2) is 59.9 Å². The normalized spacial score (nSPS) is 26.9. The largest absolute Gasteiger partial charge is 0.498 e. The minimum absolute atomic E-state index is 0.343. The van der Waals surface area contributed by atoms with E-state index in [-0.39, 0.29) is 0 Å². The maximum absolute atomic E-state index is 10.1. The Morgan fingerprint density at radius 3 is 2.55 bits per heavy atom. The lowest BCUT2D eigenvalue weighted by atomic mass is 9.94. The highest BCUT2D eigenvalue weighted by molar-refractivity contribution is 5.33. The minimum Gasteiger partial charge on any atom is -0.498 e. The number of alkyl halides is 1. The molecule has 0 spiro atoms. The Balaban J connectivity index is 0.00000187. The fraction of sp³-hybridized carbons (Fsp3) is 0.538. The Bertz CT molecular complexity index is 806. The Morgan fingerprint density at radius 1 is 1.00 bits per heavy atom. The summed E-state index contributed by atoms with van der Waals surface area (Å²) in [4.78, 5) is 0. The lowest BCUT2D eigenvalue weighted by Crippen LogP contribution is -2.56. The molecule has 2 aliphatic rings.